The van der Waals surface area contributed by atoms with Gasteiger partial charge in [0.05, 0.1) is 11.8 Å². The van der Waals surface area contributed by atoms with Gasteiger partial charge in [-0.05, 0) is 70.3 Å². The molecular formula is C26H40N2O14. The zero-order valence-corrected chi connectivity index (χ0v) is 23.1. The molecule has 1 saturated heterocycles. The van der Waals surface area contributed by atoms with Crippen molar-refractivity contribution in [2.45, 2.75) is 82.4 Å². The fourth-order valence-corrected chi connectivity index (χ4v) is 4.78. The maximum Gasteiger partial charge on any atom is 0.372 e. The van der Waals surface area contributed by atoms with Gasteiger partial charge in [-0.25, -0.2) is 9.59 Å². The van der Waals surface area contributed by atoms with Crippen LogP contribution < -0.4 is 5.32 Å². The summed E-state index contributed by atoms with van der Waals surface area (Å²) in [6.07, 6.45) is 1.79. The lowest BCUT2D eigenvalue weighted by atomic mass is 9.70. The normalized spacial score (nSPS) is 21.7. The van der Waals surface area contributed by atoms with Crippen molar-refractivity contribution in [3.8, 4) is 0 Å². The van der Waals surface area contributed by atoms with Crippen LogP contribution in [0.3, 0.4) is 0 Å². The van der Waals surface area contributed by atoms with Crippen LogP contribution >= 0.6 is 0 Å². The van der Waals surface area contributed by atoms with Gasteiger partial charge in [0, 0.05) is 19.5 Å². The molecule has 1 saturated carbocycles. The third-order valence-electron chi connectivity index (χ3n) is 7.68. The molecule has 16 heteroatoms. The minimum Gasteiger partial charge on any atom is -0.481 e. The molecule has 1 aliphatic carbocycles. The number of carbonyl (C=O) groups is 7. The second-order valence-corrected chi connectivity index (χ2v) is 10.5. The lowest BCUT2D eigenvalue weighted by Gasteiger charge is -2.38. The molecule has 0 spiro atoms. The van der Waals surface area contributed by atoms with Gasteiger partial charge in [0.2, 0.25) is 5.78 Å². The van der Waals surface area contributed by atoms with Crippen LogP contribution in [0.2, 0.25) is 0 Å². The maximum atomic E-state index is 11.1. The summed E-state index contributed by atoms with van der Waals surface area (Å²) in [5, 5.41) is 64.6. The number of carboxylic acid groups (broad SMARTS) is 6. The highest BCUT2D eigenvalue weighted by molar-refractivity contribution is 6.32. The lowest BCUT2D eigenvalue weighted by molar-refractivity contribution is -0.149. The van der Waals surface area contributed by atoms with E-state index in [2.05, 4.69) is 5.32 Å². The van der Waals surface area contributed by atoms with Crippen molar-refractivity contribution in [3.05, 3.63) is 0 Å². The first-order valence-corrected chi connectivity index (χ1v) is 13.7. The van der Waals surface area contributed by atoms with Gasteiger partial charge in [-0.3, -0.25) is 28.9 Å². The number of nitrogens with zero attached hydrogens (tertiary/aromatic N) is 1. The molecule has 1 aliphatic heterocycles. The van der Waals surface area contributed by atoms with Gasteiger partial charge in [0.1, 0.15) is 12.1 Å². The van der Waals surface area contributed by atoms with E-state index in [4.69, 9.17) is 35.7 Å². The molecule has 0 aromatic rings. The summed E-state index contributed by atoms with van der Waals surface area (Å²) in [6, 6.07) is -1.45. The van der Waals surface area contributed by atoms with E-state index in [1.54, 1.807) is 4.90 Å². The summed E-state index contributed by atoms with van der Waals surface area (Å²) in [4.78, 5) is 77.3. The fourth-order valence-electron chi connectivity index (χ4n) is 4.78. The second kappa shape index (κ2) is 18.0. The number of aliphatic hydroxyl groups is 1. The molecule has 0 amide bonds. The molecule has 238 valence electrons. The summed E-state index contributed by atoms with van der Waals surface area (Å²) in [5.41, 5.74) is 0. The number of aliphatic hydroxyl groups excluding tert-OH is 1. The van der Waals surface area contributed by atoms with Crippen LogP contribution in [-0.4, -0.2) is 120 Å². The van der Waals surface area contributed by atoms with E-state index in [9.17, 15) is 33.6 Å². The number of Topliss-reactive ketones (excluding diaryl/α,β-unsaturated/α-hetero) is 1. The summed E-state index contributed by atoms with van der Waals surface area (Å²) >= 11 is 0. The van der Waals surface area contributed by atoms with E-state index in [0.717, 1.165) is 6.42 Å². The Balaban J connectivity index is 0.000000420. The van der Waals surface area contributed by atoms with Crippen molar-refractivity contribution in [1.82, 2.24) is 10.2 Å². The Bertz CT molecular complexity index is 986. The number of aliphatic carboxylic acids is 6. The van der Waals surface area contributed by atoms with Gasteiger partial charge in [0.25, 0.3) is 0 Å². The van der Waals surface area contributed by atoms with Gasteiger partial charge in [0.15, 0.2) is 6.10 Å². The average Bonchev–Trinajstić information content (AvgIpc) is 2.84. The third-order valence-corrected chi connectivity index (χ3v) is 7.68. The summed E-state index contributed by atoms with van der Waals surface area (Å²) in [5.74, 6) is -8.56. The third kappa shape index (κ3) is 12.5. The van der Waals surface area contributed by atoms with Crippen molar-refractivity contribution in [2.75, 3.05) is 19.6 Å². The highest BCUT2D eigenvalue weighted by Gasteiger charge is 2.37. The Hall–Kier alpha value is -3.63. The van der Waals surface area contributed by atoms with Crippen LogP contribution in [0.5, 0.6) is 0 Å². The highest BCUT2D eigenvalue weighted by Crippen LogP contribution is 2.38. The highest BCUT2D eigenvalue weighted by atomic mass is 16.4. The first-order valence-electron chi connectivity index (χ1n) is 13.7. The van der Waals surface area contributed by atoms with Crippen molar-refractivity contribution in [1.29, 1.82) is 0 Å². The van der Waals surface area contributed by atoms with E-state index in [1.165, 1.54) is 0 Å². The number of carbonyl (C=O) groups excluding carboxylic acids is 1. The molecule has 42 heavy (non-hydrogen) atoms. The first kappa shape index (κ1) is 36.4. The number of rotatable bonds is 20. The predicted octanol–water partition coefficient (Wildman–Crippen LogP) is -0.184. The molecule has 16 nitrogen and oxygen atoms in total. The first-order chi connectivity index (χ1) is 19.6. The molecule has 2 fully saturated rings. The minimum absolute atomic E-state index is 0.0324. The zero-order chi connectivity index (χ0) is 32.0. The Morgan fingerprint density at radius 3 is 1.86 bits per heavy atom. The Kier molecular flexibility index (Phi) is 15.6. The van der Waals surface area contributed by atoms with Crippen molar-refractivity contribution in [2.24, 2.45) is 17.8 Å². The summed E-state index contributed by atoms with van der Waals surface area (Å²) in [7, 11) is 0. The van der Waals surface area contributed by atoms with Crippen LogP contribution in [0.15, 0.2) is 0 Å². The van der Waals surface area contributed by atoms with Gasteiger partial charge in [-0.15, -0.1) is 0 Å². The number of nitrogens with one attached hydrogen (secondary N) is 1. The number of likely N-dealkylation sites (tertiary alicyclic amines) is 1. The summed E-state index contributed by atoms with van der Waals surface area (Å²) < 4.78 is 0. The molecule has 0 bridgehead atoms. The van der Waals surface area contributed by atoms with Gasteiger partial charge in [-0.1, -0.05) is 0 Å². The molecule has 6 atom stereocenters. The maximum absolute atomic E-state index is 11.1. The Morgan fingerprint density at radius 2 is 1.43 bits per heavy atom. The van der Waals surface area contributed by atoms with Gasteiger partial charge < -0.3 is 41.1 Å². The van der Waals surface area contributed by atoms with Gasteiger partial charge >= 0.3 is 35.8 Å². The van der Waals surface area contributed by atoms with Crippen LogP contribution in [0.25, 0.3) is 0 Å². The van der Waals surface area contributed by atoms with Crippen molar-refractivity contribution >= 4 is 41.6 Å². The smallest absolute Gasteiger partial charge is 0.372 e. The van der Waals surface area contributed by atoms with Crippen molar-refractivity contribution in [3.63, 3.8) is 0 Å². The fraction of sp³-hybridized carbons (Fsp3) is 0.731. The van der Waals surface area contributed by atoms with E-state index < -0.39 is 65.7 Å². The zero-order valence-electron chi connectivity index (χ0n) is 23.1. The molecule has 1 heterocycles. The molecule has 0 aromatic carbocycles. The molecule has 0 aromatic heterocycles. The van der Waals surface area contributed by atoms with Crippen LogP contribution in [0.4, 0.5) is 0 Å². The summed E-state index contributed by atoms with van der Waals surface area (Å²) in [6.45, 7) is 1.01. The molecule has 2 unspecified atom stereocenters. The van der Waals surface area contributed by atoms with E-state index in [0.29, 0.717) is 38.8 Å². The number of ketones is 1. The van der Waals surface area contributed by atoms with Crippen LogP contribution in [0, 0.1) is 17.8 Å². The molecule has 2 aliphatic rings. The lowest BCUT2D eigenvalue weighted by Crippen LogP contribution is -2.54. The van der Waals surface area contributed by atoms with E-state index >= 15 is 0 Å². The molecule has 0 radical (unpaired) electrons. The number of hydrogen-bond donors (Lipinski definition) is 8. The number of carboxylic acids is 6. The SMILES string of the molecule is O=C(O)C(=O)CCCC(CCC1CC[C@H]1C(=O)O)C(=O)O.O=C(O)[C@H]1CCN1CC[C@@H](NCC[C@H](O)C(=O)O)C(=O)O. The quantitative estimate of drug-likeness (QED) is 0.0836. The molecule has 2 rings (SSSR count). The van der Waals surface area contributed by atoms with Crippen LogP contribution in [-0.2, 0) is 33.6 Å². The second-order valence-electron chi connectivity index (χ2n) is 10.5. The largest absolute Gasteiger partial charge is 0.481 e. The van der Waals surface area contributed by atoms with Gasteiger partial charge in [-0.2, -0.15) is 0 Å². The monoisotopic (exact) mass is 604 g/mol. The predicted molar refractivity (Wildman–Crippen MR) is 141 cm³/mol. The topological polar surface area (TPSA) is 276 Å². The standard InChI is InChI=1S/C14H20O7.C12H20N2O7/c15-11(14(20)21)3-1-2-9(12(16)17)5-4-8-6-7-10(8)13(18)19;15-9(12(20)21)1-4-13-7(10(16)17)2-5-14-6-3-8(14)11(18)19/h8-10H,1-7H2,(H,16,17)(H,18,19)(H,20,21);7-9,13,15H,1-6H2,(H,16,17)(H,18,19)(H,20,21)/t8?,9?,10-;7-,8-,9+/m11/s1. The van der Waals surface area contributed by atoms with Crippen LogP contribution in [0.1, 0.15) is 64.2 Å². The Labute approximate surface area is 241 Å². The Morgan fingerprint density at radius 1 is 0.762 bits per heavy atom. The van der Waals surface area contributed by atoms with E-state index in [1.807, 2.05) is 0 Å². The van der Waals surface area contributed by atoms with E-state index in [-0.39, 0.29) is 50.5 Å². The van der Waals surface area contributed by atoms with Crippen molar-refractivity contribution < 1.29 is 69.3 Å². The minimum atomic E-state index is -1.53. The molecule has 8 N–H and O–H groups in total. The average molecular weight is 605 g/mol. The number of hydrogen-bond acceptors (Lipinski definition) is 10. The molecular weight excluding hydrogens is 564 g/mol.